The SMILES string of the molecule is Cc1c(C(=O)O)cccc1-c1cnn(-c2ccccc2)c1. The van der Waals surface area contributed by atoms with Gasteiger partial charge < -0.3 is 5.11 Å². The zero-order valence-corrected chi connectivity index (χ0v) is 11.5. The Balaban J connectivity index is 2.05. The number of aromatic carboxylic acids is 1. The number of carbonyl (C=O) groups is 1. The molecule has 3 aromatic rings. The largest absolute Gasteiger partial charge is 0.478 e. The summed E-state index contributed by atoms with van der Waals surface area (Å²) in [5, 5.41) is 13.5. The number of carboxylic acids is 1. The molecule has 0 saturated heterocycles. The maximum absolute atomic E-state index is 11.2. The van der Waals surface area contributed by atoms with E-state index in [1.807, 2.05) is 49.5 Å². The molecule has 0 atom stereocenters. The van der Waals surface area contributed by atoms with Crippen molar-refractivity contribution in [3.05, 3.63) is 72.1 Å². The van der Waals surface area contributed by atoms with E-state index >= 15 is 0 Å². The van der Waals surface area contributed by atoms with E-state index in [1.165, 1.54) is 0 Å². The van der Waals surface area contributed by atoms with Crippen molar-refractivity contribution in [1.29, 1.82) is 0 Å². The van der Waals surface area contributed by atoms with E-state index < -0.39 is 5.97 Å². The highest BCUT2D eigenvalue weighted by Crippen LogP contribution is 2.26. The van der Waals surface area contributed by atoms with Gasteiger partial charge in [0.05, 0.1) is 17.4 Å². The third-order valence-corrected chi connectivity index (χ3v) is 3.48. The molecule has 21 heavy (non-hydrogen) atoms. The second-order valence-electron chi connectivity index (χ2n) is 4.79. The van der Waals surface area contributed by atoms with E-state index in [4.69, 9.17) is 0 Å². The molecule has 0 spiro atoms. The van der Waals surface area contributed by atoms with Gasteiger partial charge in [-0.1, -0.05) is 30.3 Å². The van der Waals surface area contributed by atoms with Gasteiger partial charge in [-0.05, 0) is 36.2 Å². The van der Waals surface area contributed by atoms with E-state index in [1.54, 1.807) is 23.0 Å². The molecule has 0 bridgehead atoms. The highest BCUT2D eigenvalue weighted by Gasteiger charge is 2.12. The van der Waals surface area contributed by atoms with Crippen molar-refractivity contribution in [2.45, 2.75) is 6.92 Å². The number of carboxylic acid groups (broad SMARTS) is 1. The number of hydrogen-bond donors (Lipinski definition) is 1. The Labute approximate surface area is 122 Å². The van der Waals surface area contributed by atoms with Crippen LogP contribution in [0.3, 0.4) is 0 Å². The molecule has 1 heterocycles. The van der Waals surface area contributed by atoms with Crippen LogP contribution in [0.1, 0.15) is 15.9 Å². The van der Waals surface area contributed by atoms with Crippen LogP contribution in [0.25, 0.3) is 16.8 Å². The lowest BCUT2D eigenvalue weighted by molar-refractivity contribution is 0.0696. The van der Waals surface area contributed by atoms with Crippen LogP contribution in [-0.4, -0.2) is 20.9 Å². The number of rotatable bonds is 3. The van der Waals surface area contributed by atoms with Crippen molar-refractivity contribution in [3.63, 3.8) is 0 Å². The fourth-order valence-corrected chi connectivity index (χ4v) is 2.36. The van der Waals surface area contributed by atoms with Gasteiger partial charge in [0, 0.05) is 11.8 Å². The number of aromatic nitrogens is 2. The Kier molecular flexibility index (Phi) is 3.28. The molecule has 3 rings (SSSR count). The van der Waals surface area contributed by atoms with Crippen LogP contribution in [0.2, 0.25) is 0 Å². The minimum absolute atomic E-state index is 0.319. The van der Waals surface area contributed by atoms with Crippen LogP contribution in [0.4, 0.5) is 0 Å². The van der Waals surface area contributed by atoms with Gasteiger partial charge in [0.25, 0.3) is 0 Å². The lowest BCUT2D eigenvalue weighted by Gasteiger charge is -2.06. The second-order valence-corrected chi connectivity index (χ2v) is 4.79. The fourth-order valence-electron chi connectivity index (χ4n) is 2.36. The normalized spacial score (nSPS) is 10.5. The van der Waals surface area contributed by atoms with Crippen molar-refractivity contribution in [2.75, 3.05) is 0 Å². The number of hydrogen-bond acceptors (Lipinski definition) is 2. The molecule has 1 aromatic heterocycles. The van der Waals surface area contributed by atoms with Crippen LogP contribution >= 0.6 is 0 Å². The van der Waals surface area contributed by atoms with Crippen molar-refractivity contribution >= 4 is 5.97 Å². The molecule has 104 valence electrons. The lowest BCUT2D eigenvalue weighted by Crippen LogP contribution is -2.00. The van der Waals surface area contributed by atoms with Gasteiger partial charge in [0.15, 0.2) is 0 Å². The lowest BCUT2D eigenvalue weighted by atomic mass is 9.99. The Morgan fingerprint density at radius 1 is 1.10 bits per heavy atom. The number of nitrogens with zero attached hydrogens (tertiary/aromatic N) is 2. The summed E-state index contributed by atoms with van der Waals surface area (Å²) in [7, 11) is 0. The summed E-state index contributed by atoms with van der Waals surface area (Å²) in [6.45, 7) is 1.82. The molecular weight excluding hydrogens is 264 g/mol. The van der Waals surface area contributed by atoms with Gasteiger partial charge in [-0.2, -0.15) is 5.10 Å². The van der Waals surface area contributed by atoms with Crippen LogP contribution < -0.4 is 0 Å². The molecule has 4 heteroatoms. The smallest absolute Gasteiger partial charge is 0.335 e. The molecule has 0 saturated carbocycles. The average molecular weight is 278 g/mol. The van der Waals surface area contributed by atoms with Crippen LogP contribution in [0.5, 0.6) is 0 Å². The Bertz CT molecular complexity index is 792. The molecular formula is C17H14N2O2. The monoisotopic (exact) mass is 278 g/mol. The summed E-state index contributed by atoms with van der Waals surface area (Å²) < 4.78 is 1.78. The summed E-state index contributed by atoms with van der Waals surface area (Å²) in [4.78, 5) is 11.2. The topological polar surface area (TPSA) is 55.1 Å². The van der Waals surface area contributed by atoms with Crippen molar-refractivity contribution < 1.29 is 9.90 Å². The Morgan fingerprint density at radius 2 is 1.86 bits per heavy atom. The Hall–Kier alpha value is -2.88. The average Bonchev–Trinajstić information content (AvgIpc) is 2.98. The van der Waals surface area contributed by atoms with E-state index in [0.29, 0.717) is 5.56 Å². The first-order valence-electron chi connectivity index (χ1n) is 6.60. The van der Waals surface area contributed by atoms with Gasteiger partial charge in [-0.25, -0.2) is 9.48 Å². The maximum atomic E-state index is 11.2. The van der Waals surface area contributed by atoms with Crippen molar-refractivity contribution in [1.82, 2.24) is 9.78 Å². The molecule has 0 amide bonds. The summed E-state index contributed by atoms with van der Waals surface area (Å²) >= 11 is 0. The maximum Gasteiger partial charge on any atom is 0.335 e. The van der Waals surface area contributed by atoms with Gasteiger partial charge in [-0.15, -0.1) is 0 Å². The molecule has 0 unspecified atom stereocenters. The molecule has 0 aliphatic heterocycles. The Morgan fingerprint density at radius 3 is 2.57 bits per heavy atom. The van der Waals surface area contributed by atoms with Crippen molar-refractivity contribution in [3.8, 4) is 16.8 Å². The van der Waals surface area contributed by atoms with E-state index in [0.717, 1.165) is 22.4 Å². The highest BCUT2D eigenvalue weighted by atomic mass is 16.4. The summed E-state index contributed by atoms with van der Waals surface area (Å²) in [6, 6.07) is 15.1. The van der Waals surface area contributed by atoms with Gasteiger partial charge >= 0.3 is 5.97 Å². The summed E-state index contributed by atoms with van der Waals surface area (Å²) in [5.41, 5.74) is 3.82. The van der Waals surface area contributed by atoms with Crippen LogP contribution in [-0.2, 0) is 0 Å². The third-order valence-electron chi connectivity index (χ3n) is 3.48. The standard InChI is InChI=1S/C17H14N2O2/c1-12-15(8-5-9-16(12)17(20)21)13-10-18-19(11-13)14-6-3-2-4-7-14/h2-11H,1H3,(H,20,21). The summed E-state index contributed by atoms with van der Waals surface area (Å²) in [5.74, 6) is -0.912. The van der Waals surface area contributed by atoms with Crippen molar-refractivity contribution in [2.24, 2.45) is 0 Å². The van der Waals surface area contributed by atoms with Gasteiger partial charge in [0.1, 0.15) is 0 Å². The quantitative estimate of drug-likeness (QED) is 0.797. The molecule has 0 fully saturated rings. The molecule has 1 N–H and O–H groups in total. The first kappa shape index (κ1) is 13.1. The first-order valence-corrected chi connectivity index (χ1v) is 6.60. The second kappa shape index (κ2) is 5.25. The zero-order chi connectivity index (χ0) is 14.8. The molecule has 0 aliphatic rings. The fraction of sp³-hybridized carbons (Fsp3) is 0.0588. The molecule has 0 radical (unpaired) electrons. The van der Waals surface area contributed by atoms with Gasteiger partial charge in [0.2, 0.25) is 0 Å². The number of para-hydroxylation sites is 1. The first-order chi connectivity index (χ1) is 10.2. The number of benzene rings is 2. The third kappa shape index (κ3) is 2.43. The minimum atomic E-state index is -0.912. The zero-order valence-electron chi connectivity index (χ0n) is 11.5. The predicted octanol–water partition coefficient (Wildman–Crippen LogP) is 3.55. The van der Waals surface area contributed by atoms with Gasteiger partial charge in [-0.3, -0.25) is 0 Å². The molecule has 4 nitrogen and oxygen atoms in total. The predicted molar refractivity (Wildman–Crippen MR) is 80.7 cm³/mol. The van der Waals surface area contributed by atoms with E-state index in [9.17, 15) is 9.90 Å². The minimum Gasteiger partial charge on any atom is -0.478 e. The molecule has 2 aromatic carbocycles. The van der Waals surface area contributed by atoms with Crippen LogP contribution in [0, 0.1) is 6.92 Å². The van der Waals surface area contributed by atoms with E-state index in [-0.39, 0.29) is 0 Å². The summed E-state index contributed by atoms with van der Waals surface area (Å²) in [6.07, 6.45) is 3.66. The van der Waals surface area contributed by atoms with E-state index in [2.05, 4.69) is 5.10 Å². The molecule has 0 aliphatic carbocycles. The highest BCUT2D eigenvalue weighted by molar-refractivity contribution is 5.91. The van der Waals surface area contributed by atoms with Crippen LogP contribution in [0.15, 0.2) is 60.9 Å².